The Kier molecular flexibility index (Phi) is 2.63. The van der Waals surface area contributed by atoms with Crippen molar-refractivity contribution >= 4 is 11.7 Å². The highest BCUT2D eigenvalue weighted by molar-refractivity contribution is 5.87. The molecule has 0 aliphatic rings. The summed E-state index contributed by atoms with van der Waals surface area (Å²) in [7, 11) is 0. The molecule has 0 saturated heterocycles. The van der Waals surface area contributed by atoms with E-state index < -0.39 is 12.7 Å². The SMILES string of the molecule is NC(=O)Nc1ccc(CF)cc1. The van der Waals surface area contributed by atoms with Crippen molar-refractivity contribution in [2.45, 2.75) is 6.67 Å². The number of rotatable bonds is 2. The number of nitrogens with one attached hydrogen (secondary N) is 1. The summed E-state index contributed by atoms with van der Waals surface area (Å²) in [6, 6.07) is 5.75. The number of primary amides is 1. The fraction of sp³-hybridized carbons (Fsp3) is 0.125. The van der Waals surface area contributed by atoms with E-state index in [9.17, 15) is 9.18 Å². The summed E-state index contributed by atoms with van der Waals surface area (Å²) in [6.45, 7) is -0.503. The van der Waals surface area contributed by atoms with Gasteiger partial charge in [0, 0.05) is 5.69 Å². The first kappa shape index (κ1) is 8.52. The summed E-state index contributed by atoms with van der Waals surface area (Å²) in [6.07, 6.45) is 0. The Morgan fingerprint density at radius 3 is 2.42 bits per heavy atom. The van der Waals surface area contributed by atoms with E-state index in [1.54, 1.807) is 24.3 Å². The third-order valence-corrected chi connectivity index (χ3v) is 1.38. The number of carbonyl (C=O) groups excluding carboxylic acids is 1. The molecule has 64 valence electrons. The van der Waals surface area contributed by atoms with Crippen molar-refractivity contribution in [1.29, 1.82) is 0 Å². The number of hydrogen-bond acceptors (Lipinski definition) is 1. The molecular formula is C8H9FN2O. The number of anilines is 1. The molecule has 1 rings (SSSR count). The topological polar surface area (TPSA) is 55.1 Å². The molecule has 0 aliphatic carbocycles. The van der Waals surface area contributed by atoms with Gasteiger partial charge in [0.05, 0.1) is 0 Å². The predicted octanol–water partition coefficient (Wildman–Crippen LogP) is 1.65. The van der Waals surface area contributed by atoms with E-state index in [1.165, 1.54) is 0 Å². The van der Waals surface area contributed by atoms with Crippen LogP contribution in [0.25, 0.3) is 0 Å². The maximum absolute atomic E-state index is 12.0. The first-order valence-electron chi connectivity index (χ1n) is 3.43. The van der Waals surface area contributed by atoms with Crippen LogP contribution in [0, 0.1) is 0 Å². The van der Waals surface area contributed by atoms with Crippen LogP contribution in [-0.4, -0.2) is 6.03 Å². The highest BCUT2D eigenvalue weighted by Gasteiger charge is 1.95. The van der Waals surface area contributed by atoms with Crippen molar-refractivity contribution in [3.05, 3.63) is 29.8 Å². The monoisotopic (exact) mass is 168 g/mol. The van der Waals surface area contributed by atoms with Crippen LogP contribution >= 0.6 is 0 Å². The molecule has 0 atom stereocenters. The zero-order valence-corrected chi connectivity index (χ0v) is 6.38. The van der Waals surface area contributed by atoms with Crippen molar-refractivity contribution in [1.82, 2.24) is 0 Å². The molecule has 1 aromatic rings. The number of hydrogen-bond donors (Lipinski definition) is 2. The fourth-order valence-corrected chi connectivity index (χ4v) is 0.819. The summed E-state index contributed by atoms with van der Waals surface area (Å²) < 4.78 is 12.0. The molecule has 0 aliphatic heterocycles. The molecule has 3 N–H and O–H groups in total. The van der Waals surface area contributed by atoms with Gasteiger partial charge in [-0.15, -0.1) is 0 Å². The lowest BCUT2D eigenvalue weighted by Gasteiger charge is -2.00. The van der Waals surface area contributed by atoms with Gasteiger partial charge in [0.25, 0.3) is 0 Å². The van der Waals surface area contributed by atoms with Crippen LogP contribution in [0.2, 0.25) is 0 Å². The van der Waals surface area contributed by atoms with Crippen molar-refractivity contribution < 1.29 is 9.18 Å². The summed E-state index contributed by atoms with van der Waals surface area (Å²) in [5.41, 5.74) is 6.01. The van der Waals surface area contributed by atoms with Crippen LogP contribution in [0.4, 0.5) is 14.9 Å². The quantitative estimate of drug-likeness (QED) is 0.693. The molecule has 0 saturated carbocycles. The average Bonchev–Trinajstić information content (AvgIpc) is 2.05. The van der Waals surface area contributed by atoms with Crippen molar-refractivity contribution in [3.63, 3.8) is 0 Å². The Bertz CT molecular complexity index is 271. The number of carbonyl (C=O) groups is 1. The lowest BCUT2D eigenvalue weighted by molar-refractivity contribution is 0.259. The minimum absolute atomic E-state index is 0.503. The second-order valence-corrected chi connectivity index (χ2v) is 2.32. The smallest absolute Gasteiger partial charge is 0.316 e. The third-order valence-electron chi connectivity index (χ3n) is 1.38. The van der Waals surface area contributed by atoms with Gasteiger partial charge in [-0.3, -0.25) is 0 Å². The van der Waals surface area contributed by atoms with Crippen LogP contribution in [0.1, 0.15) is 5.56 Å². The normalized spacial score (nSPS) is 9.42. The Labute approximate surface area is 69.4 Å². The van der Waals surface area contributed by atoms with E-state index in [-0.39, 0.29) is 0 Å². The van der Waals surface area contributed by atoms with Gasteiger partial charge in [-0.2, -0.15) is 0 Å². The third kappa shape index (κ3) is 2.23. The molecule has 1 aromatic carbocycles. The molecule has 0 aromatic heterocycles. The minimum Gasteiger partial charge on any atom is -0.351 e. The molecular weight excluding hydrogens is 159 g/mol. The van der Waals surface area contributed by atoms with Crippen molar-refractivity contribution in [2.24, 2.45) is 5.73 Å². The zero-order valence-electron chi connectivity index (χ0n) is 6.38. The first-order chi connectivity index (χ1) is 5.72. The second kappa shape index (κ2) is 3.71. The van der Waals surface area contributed by atoms with Gasteiger partial charge in [0.1, 0.15) is 6.67 Å². The number of nitrogens with two attached hydrogens (primary N) is 1. The number of amides is 2. The van der Waals surface area contributed by atoms with Crippen LogP contribution in [-0.2, 0) is 6.67 Å². The predicted molar refractivity (Wildman–Crippen MR) is 44.5 cm³/mol. The van der Waals surface area contributed by atoms with E-state index >= 15 is 0 Å². The van der Waals surface area contributed by atoms with Gasteiger partial charge in [-0.1, -0.05) is 12.1 Å². The Morgan fingerprint density at radius 2 is 2.00 bits per heavy atom. The van der Waals surface area contributed by atoms with Gasteiger partial charge in [-0.25, -0.2) is 9.18 Å². The maximum Gasteiger partial charge on any atom is 0.316 e. The second-order valence-electron chi connectivity index (χ2n) is 2.32. The van der Waals surface area contributed by atoms with Crippen LogP contribution in [0.5, 0.6) is 0 Å². The van der Waals surface area contributed by atoms with E-state index in [0.717, 1.165) is 0 Å². The molecule has 2 amide bonds. The minimum atomic E-state index is -0.622. The zero-order chi connectivity index (χ0) is 8.97. The van der Waals surface area contributed by atoms with Crippen LogP contribution in [0.15, 0.2) is 24.3 Å². The molecule has 4 heteroatoms. The van der Waals surface area contributed by atoms with Gasteiger partial charge < -0.3 is 11.1 Å². The van der Waals surface area contributed by atoms with Gasteiger partial charge in [0.2, 0.25) is 0 Å². The van der Waals surface area contributed by atoms with E-state index in [4.69, 9.17) is 5.73 Å². The van der Waals surface area contributed by atoms with Crippen molar-refractivity contribution in [3.8, 4) is 0 Å². The Balaban J connectivity index is 2.71. The van der Waals surface area contributed by atoms with E-state index in [1.807, 2.05) is 0 Å². The van der Waals surface area contributed by atoms with E-state index in [0.29, 0.717) is 11.3 Å². The lowest BCUT2D eigenvalue weighted by atomic mass is 10.2. The molecule has 0 radical (unpaired) electrons. The molecule has 0 fully saturated rings. The Hall–Kier alpha value is -1.58. The van der Waals surface area contributed by atoms with Crippen LogP contribution in [0.3, 0.4) is 0 Å². The molecule has 0 unspecified atom stereocenters. The fourth-order valence-electron chi connectivity index (χ4n) is 0.819. The number of urea groups is 1. The van der Waals surface area contributed by atoms with Gasteiger partial charge in [0.15, 0.2) is 0 Å². The highest BCUT2D eigenvalue weighted by Crippen LogP contribution is 2.09. The molecule has 0 spiro atoms. The highest BCUT2D eigenvalue weighted by atomic mass is 19.1. The lowest BCUT2D eigenvalue weighted by Crippen LogP contribution is -2.19. The molecule has 12 heavy (non-hydrogen) atoms. The Morgan fingerprint density at radius 1 is 1.42 bits per heavy atom. The summed E-state index contributed by atoms with van der Waals surface area (Å²) in [5, 5.41) is 2.37. The first-order valence-corrected chi connectivity index (χ1v) is 3.43. The van der Waals surface area contributed by atoms with Crippen LogP contribution < -0.4 is 11.1 Å². The van der Waals surface area contributed by atoms with Gasteiger partial charge in [-0.05, 0) is 17.7 Å². The summed E-state index contributed by atoms with van der Waals surface area (Å²) in [5.74, 6) is 0. The van der Waals surface area contributed by atoms with Crippen molar-refractivity contribution in [2.75, 3.05) is 5.32 Å². The maximum atomic E-state index is 12.0. The van der Waals surface area contributed by atoms with E-state index in [2.05, 4.69) is 5.32 Å². The van der Waals surface area contributed by atoms with Gasteiger partial charge >= 0.3 is 6.03 Å². The standard InChI is InChI=1S/C8H9FN2O/c9-5-6-1-3-7(4-2-6)11-8(10)12/h1-4H,5H2,(H3,10,11,12). The largest absolute Gasteiger partial charge is 0.351 e. The molecule has 0 heterocycles. The number of alkyl halides is 1. The average molecular weight is 168 g/mol. The summed E-state index contributed by atoms with van der Waals surface area (Å²) in [4.78, 5) is 10.4. The molecule has 3 nitrogen and oxygen atoms in total. The molecule has 0 bridgehead atoms. The number of halogens is 1. The summed E-state index contributed by atoms with van der Waals surface area (Å²) >= 11 is 0. The number of benzene rings is 1.